The van der Waals surface area contributed by atoms with E-state index < -0.39 is 0 Å². The highest BCUT2D eigenvalue weighted by molar-refractivity contribution is 5.79. The van der Waals surface area contributed by atoms with Crippen LogP contribution in [-0.2, 0) is 16.0 Å². The Morgan fingerprint density at radius 3 is 2.39 bits per heavy atom. The molecule has 28 heavy (non-hydrogen) atoms. The lowest BCUT2D eigenvalue weighted by atomic mass is 9.68. The molecule has 2 saturated carbocycles. The van der Waals surface area contributed by atoms with Gasteiger partial charge in [0.1, 0.15) is 5.82 Å². The second-order valence-corrected chi connectivity index (χ2v) is 8.78. The highest BCUT2D eigenvalue weighted by Crippen LogP contribution is 2.40. The van der Waals surface area contributed by atoms with Gasteiger partial charge in [-0.15, -0.1) is 0 Å². The van der Waals surface area contributed by atoms with Gasteiger partial charge in [0.05, 0.1) is 19.1 Å². The lowest BCUT2D eigenvalue weighted by Crippen LogP contribution is -2.51. The predicted octanol–water partition coefficient (Wildman–Crippen LogP) is 3.40. The minimum absolute atomic E-state index is 0.150. The van der Waals surface area contributed by atoms with Crippen LogP contribution < -0.4 is 5.32 Å². The fraction of sp³-hybridized carbons (Fsp3) is 0.696. The number of morpholine rings is 1. The van der Waals surface area contributed by atoms with Crippen LogP contribution in [0.15, 0.2) is 24.3 Å². The largest absolute Gasteiger partial charge is 0.378 e. The van der Waals surface area contributed by atoms with Crippen molar-refractivity contribution >= 4 is 5.91 Å². The second kappa shape index (κ2) is 9.36. The first-order valence-corrected chi connectivity index (χ1v) is 11.0. The van der Waals surface area contributed by atoms with Crippen molar-refractivity contribution in [2.75, 3.05) is 32.8 Å². The smallest absolute Gasteiger partial charge is 0.227 e. The maximum atomic E-state index is 13.7. The van der Waals surface area contributed by atoms with Gasteiger partial charge in [0.25, 0.3) is 0 Å². The predicted molar refractivity (Wildman–Crippen MR) is 107 cm³/mol. The fourth-order valence-corrected chi connectivity index (χ4v) is 4.83. The van der Waals surface area contributed by atoms with Gasteiger partial charge in [-0.3, -0.25) is 4.79 Å². The van der Waals surface area contributed by atoms with Crippen LogP contribution in [0.25, 0.3) is 0 Å². The zero-order valence-corrected chi connectivity index (χ0v) is 16.7. The molecule has 5 heteroatoms. The van der Waals surface area contributed by atoms with Crippen molar-refractivity contribution in [2.45, 2.75) is 51.0 Å². The summed E-state index contributed by atoms with van der Waals surface area (Å²) in [5, 5.41) is 3.81. The number of ether oxygens (including phenoxy) is 1. The Hall–Kier alpha value is -1.46. The van der Waals surface area contributed by atoms with Gasteiger partial charge < -0.3 is 15.0 Å². The number of carbonyl (C=O) groups excluding carboxylic acids is 1. The topological polar surface area (TPSA) is 41.6 Å². The van der Waals surface area contributed by atoms with Gasteiger partial charge in [0.2, 0.25) is 5.91 Å². The number of benzene rings is 1. The molecule has 1 atom stereocenters. The van der Waals surface area contributed by atoms with Crippen molar-refractivity contribution in [1.82, 2.24) is 10.2 Å². The zero-order chi connectivity index (χ0) is 19.3. The molecule has 1 aromatic rings. The SMILES string of the molecule is O=C(C(CNC(C1CCC1)C1CCC1)Cc1cccc(F)c1)N1CCOCC1. The summed E-state index contributed by atoms with van der Waals surface area (Å²) in [6.45, 7) is 3.22. The van der Waals surface area contributed by atoms with Crippen LogP contribution in [0.4, 0.5) is 4.39 Å². The van der Waals surface area contributed by atoms with Crippen LogP contribution in [0.2, 0.25) is 0 Å². The van der Waals surface area contributed by atoms with Crippen LogP contribution in [0.1, 0.15) is 44.1 Å². The van der Waals surface area contributed by atoms with E-state index in [1.807, 2.05) is 11.0 Å². The second-order valence-electron chi connectivity index (χ2n) is 8.78. The molecule has 1 amide bonds. The average molecular weight is 389 g/mol. The van der Waals surface area contributed by atoms with Crippen LogP contribution >= 0.6 is 0 Å². The highest BCUT2D eigenvalue weighted by Gasteiger charge is 2.37. The third-order valence-electron chi connectivity index (χ3n) is 6.96. The van der Waals surface area contributed by atoms with Crippen LogP contribution in [0, 0.1) is 23.6 Å². The number of hydrogen-bond acceptors (Lipinski definition) is 3. The van der Waals surface area contributed by atoms with E-state index in [2.05, 4.69) is 5.32 Å². The Labute approximate surface area is 167 Å². The van der Waals surface area contributed by atoms with Crippen LogP contribution in [0.3, 0.4) is 0 Å². The quantitative estimate of drug-likeness (QED) is 0.742. The van der Waals surface area contributed by atoms with Gasteiger partial charge >= 0.3 is 0 Å². The summed E-state index contributed by atoms with van der Waals surface area (Å²) in [7, 11) is 0. The van der Waals surface area contributed by atoms with Crippen LogP contribution in [0.5, 0.6) is 0 Å². The molecule has 1 N–H and O–H groups in total. The number of hydrogen-bond donors (Lipinski definition) is 1. The van der Waals surface area contributed by atoms with Crippen molar-refractivity contribution in [3.63, 3.8) is 0 Å². The first-order valence-electron chi connectivity index (χ1n) is 11.0. The van der Waals surface area contributed by atoms with Crippen molar-refractivity contribution in [1.29, 1.82) is 0 Å². The van der Waals surface area contributed by atoms with Gasteiger partial charge in [-0.05, 0) is 61.6 Å². The molecule has 1 saturated heterocycles. The summed E-state index contributed by atoms with van der Waals surface area (Å²) in [5.74, 6) is 1.35. The summed E-state index contributed by atoms with van der Waals surface area (Å²) in [5.41, 5.74) is 0.900. The highest BCUT2D eigenvalue weighted by atomic mass is 19.1. The van der Waals surface area contributed by atoms with Gasteiger partial charge in [-0.1, -0.05) is 25.0 Å². The molecule has 2 aliphatic carbocycles. The number of amides is 1. The third-order valence-corrected chi connectivity index (χ3v) is 6.96. The fourth-order valence-electron chi connectivity index (χ4n) is 4.83. The van der Waals surface area contributed by atoms with Crippen molar-refractivity contribution in [3.05, 3.63) is 35.6 Å². The molecule has 4 rings (SSSR count). The molecule has 1 unspecified atom stereocenters. The standard InChI is InChI=1S/C23H33FN2O2/c24-21-9-1-4-17(15-21)14-20(23(27)26-10-12-28-13-11-26)16-25-22(18-5-2-6-18)19-7-3-8-19/h1,4,9,15,18-20,22,25H,2-3,5-8,10-14,16H2. The molecule has 1 aromatic carbocycles. The lowest BCUT2D eigenvalue weighted by Gasteiger charge is -2.43. The number of nitrogens with zero attached hydrogens (tertiary/aromatic N) is 1. The molecule has 0 radical (unpaired) electrons. The Balaban J connectivity index is 1.44. The Morgan fingerprint density at radius 2 is 1.82 bits per heavy atom. The summed E-state index contributed by atoms with van der Waals surface area (Å²) in [6.07, 6.45) is 8.55. The molecule has 1 aliphatic heterocycles. The summed E-state index contributed by atoms with van der Waals surface area (Å²) < 4.78 is 19.1. The summed E-state index contributed by atoms with van der Waals surface area (Å²) in [4.78, 5) is 15.2. The van der Waals surface area contributed by atoms with Gasteiger partial charge in [-0.25, -0.2) is 4.39 Å². The number of rotatable bonds is 8. The van der Waals surface area contributed by atoms with E-state index in [0.29, 0.717) is 45.3 Å². The Kier molecular flexibility index (Phi) is 6.63. The first-order chi connectivity index (χ1) is 13.7. The zero-order valence-electron chi connectivity index (χ0n) is 16.7. The minimum Gasteiger partial charge on any atom is -0.378 e. The number of halogens is 1. The normalized spacial score (nSPS) is 22.0. The van der Waals surface area contributed by atoms with Gasteiger partial charge in [0, 0.05) is 25.7 Å². The first kappa shape index (κ1) is 19.8. The van der Waals surface area contributed by atoms with E-state index >= 15 is 0 Å². The van der Waals surface area contributed by atoms with Crippen LogP contribution in [-0.4, -0.2) is 49.7 Å². The minimum atomic E-state index is -0.232. The van der Waals surface area contributed by atoms with E-state index in [4.69, 9.17) is 4.74 Å². The Bertz CT molecular complexity index is 640. The molecular formula is C23H33FN2O2. The monoisotopic (exact) mass is 388 g/mol. The van der Waals surface area contributed by atoms with E-state index in [1.165, 1.54) is 44.6 Å². The molecule has 4 nitrogen and oxygen atoms in total. The van der Waals surface area contributed by atoms with Gasteiger partial charge in [-0.2, -0.15) is 0 Å². The van der Waals surface area contributed by atoms with Crippen molar-refractivity contribution < 1.29 is 13.9 Å². The summed E-state index contributed by atoms with van der Waals surface area (Å²) in [6, 6.07) is 7.24. The Morgan fingerprint density at radius 1 is 1.14 bits per heavy atom. The van der Waals surface area contributed by atoms with E-state index in [1.54, 1.807) is 12.1 Å². The molecule has 1 heterocycles. The van der Waals surface area contributed by atoms with E-state index in [9.17, 15) is 9.18 Å². The number of carbonyl (C=O) groups is 1. The molecular weight excluding hydrogens is 355 g/mol. The van der Waals surface area contributed by atoms with Crippen molar-refractivity contribution in [3.8, 4) is 0 Å². The van der Waals surface area contributed by atoms with E-state index in [0.717, 1.165) is 17.4 Å². The third kappa shape index (κ3) is 4.74. The molecule has 3 fully saturated rings. The van der Waals surface area contributed by atoms with E-state index in [-0.39, 0.29) is 17.6 Å². The van der Waals surface area contributed by atoms with Gasteiger partial charge in [0.15, 0.2) is 0 Å². The lowest BCUT2D eigenvalue weighted by molar-refractivity contribution is -0.139. The van der Waals surface area contributed by atoms with Crippen molar-refractivity contribution in [2.24, 2.45) is 17.8 Å². The molecule has 154 valence electrons. The average Bonchev–Trinajstić information content (AvgIpc) is 2.62. The summed E-state index contributed by atoms with van der Waals surface area (Å²) >= 11 is 0. The molecule has 0 spiro atoms. The maximum Gasteiger partial charge on any atom is 0.227 e. The molecule has 0 bridgehead atoms. The maximum absolute atomic E-state index is 13.7. The number of nitrogens with one attached hydrogen (secondary N) is 1. The molecule has 0 aromatic heterocycles. The molecule has 3 aliphatic rings.